The number of anilines is 2. The number of rotatable bonds is 9. The molecule has 0 aliphatic rings. The van der Waals surface area contributed by atoms with E-state index in [0.29, 0.717) is 35.0 Å². The zero-order valence-electron chi connectivity index (χ0n) is 19.1. The predicted octanol–water partition coefficient (Wildman–Crippen LogP) is 3.98. The van der Waals surface area contributed by atoms with Gasteiger partial charge in [-0.2, -0.15) is 5.10 Å². The predicted molar refractivity (Wildman–Crippen MR) is 134 cm³/mol. The van der Waals surface area contributed by atoms with Crippen LogP contribution in [0, 0.1) is 5.82 Å². The summed E-state index contributed by atoms with van der Waals surface area (Å²) in [5.74, 6) is -2.28. The van der Waals surface area contributed by atoms with Crippen LogP contribution in [0.5, 0.6) is 11.5 Å². The third kappa shape index (κ3) is 7.54. The Morgan fingerprint density at radius 2 is 1.67 bits per heavy atom. The van der Waals surface area contributed by atoms with Crippen LogP contribution >= 0.6 is 11.6 Å². The van der Waals surface area contributed by atoms with Crippen molar-refractivity contribution in [3.63, 3.8) is 0 Å². The number of hydrogen-bond donors (Lipinski definition) is 3. The standard InChI is InChI=1S/C25H22ClFN4O5/c1-2-35-22-10-6-4-8-20(22)30-24(33)25(34)31-28-14-16-7-3-5-9-21(16)36-15-23(32)29-17-11-12-19(27)18(26)13-17/h3-14H,2,15H2,1H3,(H,29,32)(H,30,33)(H,31,34)/b28-14-. The Balaban J connectivity index is 1.54. The van der Waals surface area contributed by atoms with Gasteiger partial charge in [0.1, 0.15) is 17.3 Å². The van der Waals surface area contributed by atoms with Gasteiger partial charge in [0, 0.05) is 11.3 Å². The van der Waals surface area contributed by atoms with Gasteiger partial charge >= 0.3 is 11.8 Å². The molecule has 0 saturated heterocycles. The molecule has 0 radical (unpaired) electrons. The van der Waals surface area contributed by atoms with E-state index < -0.39 is 23.5 Å². The molecule has 11 heteroatoms. The Morgan fingerprint density at radius 1 is 0.944 bits per heavy atom. The summed E-state index contributed by atoms with van der Waals surface area (Å²) in [5, 5.41) is 8.68. The maximum atomic E-state index is 13.3. The molecule has 0 saturated carbocycles. The average molecular weight is 513 g/mol. The van der Waals surface area contributed by atoms with Gasteiger partial charge in [-0.25, -0.2) is 9.82 Å². The maximum absolute atomic E-state index is 13.3. The van der Waals surface area contributed by atoms with E-state index in [9.17, 15) is 18.8 Å². The second kappa shape index (κ2) is 12.9. The number of ether oxygens (including phenoxy) is 2. The minimum absolute atomic E-state index is 0.121. The number of para-hydroxylation sites is 3. The van der Waals surface area contributed by atoms with Crippen LogP contribution < -0.4 is 25.5 Å². The fourth-order valence-electron chi connectivity index (χ4n) is 2.87. The van der Waals surface area contributed by atoms with Crippen LogP contribution in [0.25, 0.3) is 0 Å². The summed E-state index contributed by atoms with van der Waals surface area (Å²) in [6, 6.07) is 17.1. The summed E-state index contributed by atoms with van der Waals surface area (Å²) >= 11 is 5.71. The summed E-state index contributed by atoms with van der Waals surface area (Å²) in [6.45, 7) is 1.84. The van der Waals surface area contributed by atoms with Crippen LogP contribution in [-0.2, 0) is 14.4 Å². The molecule has 0 aliphatic heterocycles. The average Bonchev–Trinajstić information content (AvgIpc) is 2.87. The Kier molecular flexibility index (Phi) is 9.35. The van der Waals surface area contributed by atoms with Crippen LogP contribution in [0.3, 0.4) is 0 Å². The molecule has 0 heterocycles. The van der Waals surface area contributed by atoms with Crippen molar-refractivity contribution in [3.8, 4) is 11.5 Å². The van der Waals surface area contributed by atoms with E-state index in [1.54, 1.807) is 55.5 Å². The molecular formula is C25H22ClFN4O5. The van der Waals surface area contributed by atoms with Gasteiger partial charge in [-0.05, 0) is 49.4 Å². The molecule has 0 fully saturated rings. The molecule has 0 atom stereocenters. The molecule has 3 amide bonds. The lowest BCUT2D eigenvalue weighted by atomic mass is 10.2. The molecule has 0 aromatic heterocycles. The Hall–Kier alpha value is -4.44. The van der Waals surface area contributed by atoms with Crippen molar-refractivity contribution >= 4 is 46.9 Å². The van der Waals surface area contributed by atoms with E-state index >= 15 is 0 Å². The molecule has 3 rings (SSSR count). The second-order valence-corrected chi connectivity index (χ2v) is 7.49. The SMILES string of the molecule is CCOc1ccccc1NC(=O)C(=O)N/N=C\c1ccccc1OCC(=O)Nc1ccc(F)c(Cl)c1. The van der Waals surface area contributed by atoms with Crippen molar-refractivity contribution in [1.82, 2.24) is 5.43 Å². The van der Waals surface area contributed by atoms with Gasteiger partial charge in [0.15, 0.2) is 6.61 Å². The number of nitrogens with one attached hydrogen (secondary N) is 3. The molecule has 0 unspecified atom stereocenters. The van der Waals surface area contributed by atoms with E-state index in [4.69, 9.17) is 21.1 Å². The summed E-state index contributed by atoms with van der Waals surface area (Å²) in [6.07, 6.45) is 1.27. The van der Waals surface area contributed by atoms with E-state index in [0.717, 1.165) is 6.07 Å². The summed E-state index contributed by atoms with van der Waals surface area (Å²) in [4.78, 5) is 36.5. The molecule has 0 aliphatic carbocycles. The van der Waals surface area contributed by atoms with Crippen LogP contribution in [-0.4, -0.2) is 37.1 Å². The van der Waals surface area contributed by atoms with Gasteiger partial charge in [-0.1, -0.05) is 35.9 Å². The van der Waals surface area contributed by atoms with Crippen molar-refractivity contribution in [1.29, 1.82) is 0 Å². The molecule has 36 heavy (non-hydrogen) atoms. The number of carbonyl (C=O) groups is 3. The third-order valence-corrected chi connectivity index (χ3v) is 4.78. The third-order valence-electron chi connectivity index (χ3n) is 4.49. The van der Waals surface area contributed by atoms with E-state index in [1.165, 1.54) is 18.3 Å². The summed E-state index contributed by atoms with van der Waals surface area (Å²) in [7, 11) is 0. The number of halogens is 2. The summed E-state index contributed by atoms with van der Waals surface area (Å²) in [5.41, 5.74) is 3.24. The first-order valence-corrected chi connectivity index (χ1v) is 11.1. The van der Waals surface area contributed by atoms with Crippen LogP contribution in [0.15, 0.2) is 71.8 Å². The lowest BCUT2D eigenvalue weighted by Crippen LogP contribution is -2.32. The highest BCUT2D eigenvalue weighted by atomic mass is 35.5. The van der Waals surface area contributed by atoms with Gasteiger partial charge in [-0.15, -0.1) is 0 Å². The lowest BCUT2D eigenvalue weighted by molar-refractivity contribution is -0.136. The first-order valence-electron chi connectivity index (χ1n) is 10.7. The molecular weight excluding hydrogens is 491 g/mol. The lowest BCUT2D eigenvalue weighted by Gasteiger charge is -2.10. The highest BCUT2D eigenvalue weighted by molar-refractivity contribution is 6.39. The highest BCUT2D eigenvalue weighted by Crippen LogP contribution is 2.23. The van der Waals surface area contributed by atoms with Gasteiger partial charge in [-0.3, -0.25) is 14.4 Å². The quantitative estimate of drug-likeness (QED) is 0.228. The number of hydrazone groups is 1. The molecule has 186 valence electrons. The molecule has 3 N–H and O–H groups in total. The Labute approximate surface area is 211 Å². The number of nitrogens with zero attached hydrogens (tertiary/aromatic N) is 1. The van der Waals surface area contributed by atoms with Crippen molar-refractivity contribution in [3.05, 3.63) is 83.1 Å². The monoisotopic (exact) mass is 512 g/mol. The van der Waals surface area contributed by atoms with Gasteiger partial charge in [0.2, 0.25) is 0 Å². The first-order chi connectivity index (χ1) is 17.4. The maximum Gasteiger partial charge on any atom is 0.329 e. The Bertz CT molecular complexity index is 1280. The van der Waals surface area contributed by atoms with Crippen LogP contribution in [0.1, 0.15) is 12.5 Å². The van der Waals surface area contributed by atoms with E-state index in [-0.39, 0.29) is 11.6 Å². The van der Waals surface area contributed by atoms with Crippen LogP contribution in [0.4, 0.5) is 15.8 Å². The molecule has 3 aromatic carbocycles. The fourth-order valence-corrected chi connectivity index (χ4v) is 3.06. The van der Waals surface area contributed by atoms with Crippen molar-refractivity contribution < 1.29 is 28.2 Å². The van der Waals surface area contributed by atoms with Gasteiger partial charge in [0.25, 0.3) is 5.91 Å². The van der Waals surface area contributed by atoms with Crippen molar-refractivity contribution in [2.75, 3.05) is 23.8 Å². The zero-order valence-corrected chi connectivity index (χ0v) is 19.8. The molecule has 9 nitrogen and oxygen atoms in total. The smallest absolute Gasteiger partial charge is 0.329 e. The van der Waals surface area contributed by atoms with Gasteiger partial charge < -0.3 is 20.1 Å². The largest absolute Gasteiger partial charge is 0.492 e. The van der Waals surface area contributed by atoms with Crippen molar-refractivity contribution in [2.45, 2.75) is 6.92 Å². The number of benzene rings is 3. The van der Waals surface area contributed by atoms with E-state index in [2.05, 4.69) is 21.2 Å². The first kappa shape index (κ1) is 26.2. The fraction of sp³-hybridized carbons (Fsp3) is 0.120. The van der Waals surface area contributed by atoms with Crippen LogP contribution in [0.2, 0.25) is 5.02 Å². The second-order valence-electron chi connectivity index (χ2n) is 7.09. The normalized spacial score (nSPS) is 10.5. The number of hydrogen-bond acceptors (Lipinski definition) is 6. The van der Waals surface area contributed by atoms with Crippen molar-refractivity contribution in [2.24, 2.45) is 5.10 Å². The zero-order chi connectivity index (χ0) is 25.9. The topological polar surface area (TPSA) is 118 Å². The Morgan fingerprint density at radius 3 is 2.42 bits per heavy atom. The molecule has 0 spiro atoms. The summed E-state index contributed by atoms with van der Waals surface area (Å²) < 4.78 is 24.2. The minimum Gasteiger partial charge on any atom is -0.492 e. The minimum atomic E-state index is -0.992. The van der Waals surface area contributed by atoms with E-state index in [1.807, 2.05) is 0 Å². The number of carbonyl (C=O) groups excluding carboxylic acids is 3. The molecule has 3 aromatic rings. The molecule has 0 bridgehead atoms. The highest BCUT2D eigenvalue weighted by Gasteiger charge is 2.15. The van der Waals surface area contributed by atoms with Gasteiger partial charge in [0.05, 0.1) is 23.5 Å². The number of amides is 3.